The number of hydrogen-bond donors (Lipinski definition) is 2. The van der Waals surface area contributed by atoms with E-state index in [4.69, 9.17) is 5.73 Å². The van der Waals surface area contributed by atoms with Gasteiger partial charge in [0.2, 0.25) is 10.0 Å². The van der Waals surface area contributed by atoms with Crippen LogP contribution in [0.2, 0.25) is 0 Å². The van der Waals surface area contributed by atoms with Crippen molar-refractivity contribution in [2.45, 2.75) is 35.8 Å². The van der Waals surface area contributed by atoms with Gasteiger partial charge in [0, 0.05) is 36.9 Å². The van der Waals surface area contributed by atoms with Gasteiger partial charge in [0.25, 0.3) is 5.60 Å². The summed E-state index contributed by atoms with van der Waals surface area (Å²) in [7, 11) is -3.89. The van der Waals surface area contributed by atoms with E-state index < -0.39 is 39.6 Å². The molecule has 3 rings (SSSR count). The summed E-state index contributed by atoms with van der Waals surface area (Å²) < 4.78 is 106. The third-order valence-electron chi connectivity index (χ3n) is 5.56. The Morgan fingerprint density at radius 2 is 1.48 bits per heavy atom. The van der Waals surface area contributed by atoms with Crippen LogP contribution in [0.4, 0.5) is 37.7 Å². The van der Waals surface area contributed by atoms with E-state index in [2.05, 4.69) is 0 Å². The lowest BCUT2D eigenvalue weighted by Crippen LogP contribution is -2.54. The molecule has 1 heterocycles. The standard InChI is InChI=1S/C20H21F6N3O3S/c1-13-12-28(33(31,32)17-5-3-2-4-16(17)27)10-11-29(13)15-8-6-14(7-9-15)18(30,19(21,22)23)20(24,25)26/h2-9,13,30H,10-12,27H2,1H3. The van der Waals surface area contributed by atoms with Gasteiger partial charge in [0.1, 0.15) is 4.90 Å². The van der Waals surface area contributed by atoms with Crippen molar-refractivity contribution in [1.82, 2.24) is 4.31 Å². The van der Waals surface area contributed by atoms with E-state index in [1.165, 1.54) is 22.5 Å². The number of nitrogen functional groups attached to an aromatic ring is 1. The number of anilines is 2. The first-order chi connectivity index (χ1) is 15.1. The molecule has 1 fully saturated rings. The number of benzene rings is 2. The Morgan fingerprint density at radius 1 is 0.939 bits per heavy atom. The van der Waals surface area contributed by atoms with Crippen LogP contribution in [-0.4, -0.2) is 55.9 Å². The zero-order valence-electron chi connectivity index (χ0n) is 17.2. The van der Waals surface area contributed by atoms with Crippen LogP contribution in [0.25, 0.3) is 0 Å². The molecule has 182 valence electrons. The van der Waals surface area contributed by atoms with Crippen LogP contribution in [0.15, 0.2) is 53.4 Å². The minimum atomic E-state index is -5.97. The molecule has 33 heavy (non-hydrogen) atoms. The van der Waals surface area contributed by atoms with Crippen LogP contribution < -0.4 is 10.6 Å². The van der Waals surface area contributed by atoms with Gasteiger partial charge in [-0.15, -0.1) is 0 Å². The second kappa shape index (κ2) is 8.37. The SMILES string of the molecule is CC1CN(S(=O)(=O)c2ccccc2N)CCN1c1ccc(C(O)(C(F)(F)F)C(F)(F)F)cc1. The van der Waals surface area contributed by atoms with Crippen molar-refractivity contribution in [3.05, 3.63) is 54.1 Å². The molecule has 0 radical (unpaired) electrons. The van der Waals surface area contributed by atoms with Crippen LogP contribution in [0.5, 0.6) is 0 Å². The quantitative estimate of drug-likeness (QED) is 0.499. The van der Waals surface area contributed by atoms with Gasteiger partial charge in [-0.3, -0.25) is 0 Å². The van der Waals surface area contributed by atoms with E-state index in [-0.39, 0.29) is 35.9 Å². The Kier molecular flexibility index (Phi) is 6.37. The molecular weight excluding hydrogens is 476 g/mol. The van der Waals surface area contributed by atoms with Crippen LogP contribution in [0, 0.1) is 0 Å². The molecule has 1 aliphatic heterocycles. The van der Waals surface area contributed by atoms with Crippen molar-refractivity contribution >= 4 is 21.4 Å². The Balaban J connectivity index is 1.82. The molecule has 2 aromatic rings. The third-order valence-corrected chi connectivity index (χ3v) is 7.50. The number of nitrogens with zero attached hydrogens (tertiary/aromatic N) is 2. The monoisotopic (exact) mass is 497 g/mol. The Morgan fingerprint density at radius 3 is 1.97 bits per heavy atom. The van der Waals surface area contributed by atoms with E-state index in [1.807, 2.05) is 0 Å². The summed E-state index contributed by atoms with van der Waals surface area (Å²) in [5.74, 6) is 0. The number of rotatable bonds is 4. The zero-order valence-corrected chi connectivity index (χ0v) is 18.0. The van der Waals surface area contributed by atoms with Crippen molar-refractivity contribution < 1.29 is 39.9 Å². The second-order valence-electron chi connectivity index (χ2n) is 7.70. The summed E-state index contributed by atoms with van der Waals surface area (Å²) in [5, 5.41) is 9.52. The predicted octanol–water partition coefficient (Wildman–Crippen LogP) is 3.48. The van der Waals surface area contributed by atoms with E-state index >= 15 is 0 Å². The van der Waals surface area contributed by atoms with Crippen LogP contribution in [0.1, 0.15) is 12.5 Å². The van der Waals surface area contributed by atoms with Crippen molar-refractivity contribution in [3.63, 3.8) is 0 Å². The predicted molar refractivity (Wildman–Crippen MR) is 109 cm³/mol. The molecule has 0 amide bonds. The fourth-order valence-corrected chi connectivity index (χ4v) is 5.39. The summed E-state index contributed by atoms with van der Waals surface area (Å²) in [6, 6.07) is 8.72. The van der Waals surface area contributed by atoms with Crippen molar-refractivity contribution in [3.8, 4) is 0 Å². The van der Waals surface area contributed by atoms with E-state index in [9.17, 15) is 39.9 Å². The van der Waals surface area contributed by atoms with Gasteiger partial charge < -0.3 is 15.7 Å². The molecular formula is C20H21F6N3O3S. The Labute approximate surface area is 186 Å². The van der Waals surface area contributed by atoms with E-state index in [0.29, 0.717) is 12.1 Å². The smallest absolute Gasteiger partial charge is 0.398 e. The average molecular weight is 497 g/mol. The molecule has 1 saturated heterocycles. The zero-order chi connectivity index (χ0) is 24.8. The molecule has 0 aromatic heterocycles. The number of sulfonamides is 1. The van der Waals surface area contributed by atoms with Gasteiger partial charge >= 0.3 is 12.4 Å². The van der Waals surface area contributed by atoms with Crippen molar-refractivity contribution in [2.75, 3.05) is 30.3 Å². The maximum atomic E-state index is 13.1. The Hall–Kier alpha value is -2.51. The van der Waals surface area contributed by atoms with Gasteiger partial charge in [-0.2, -0.15) is 30.6 Å². The second-order valence-corrected chi connectivity index (χ2v) is 9.60. The molecule has 2 aromatic carbocycles. The number of alkyl halides is 6. The Bertz CT molecular complexity index is 1090. The average Bonchev–Trinajstić information content (AvgIpc) is 2.72. The molecule has 6 nitrogen and oxygen atoms in total. The number of para-hydroxylation sites is 1. The summed E-state index contributed by atoms with van der Waals surface area (Å²) in [4.78, 5) is 1.61. The fraction of sp³-hybridized carbons (Fsp3) is 0.400. The first-order valence-electron chi connectivity index (χ1n) is 9.68. The lowest BCUT2D eigenvalue weighted by atomic mass is 9.92. The third kappa shape index (κ3) is 4.36. The highest BCUT2D eigenvalue weighted by Crippen LogP contribution is 2.50. The topological polar surface area (TPSA) is 86.9 Å². The van der Waals surface area contributed by atoms with Gasteiger partial charge in [-0.25, -0.2) is 8.42 Å². The first-order valence-corrected chi connectivity index (χ1v) is 11.1. The lowest BCUT2D eigenvalue weighted by Gasteiger charge is -2.41. The van der Waals surface area contributed by atoms with E-state index in [1.54, 1.807) is 17.9 Å². The maximum absolute atomic E-state index is 13.1. The molecule has 3 N–H and O–H groups in total. The summed E-state index contributed by atoms with van der Waals surface area (Å²) in [5.41, 5.74) is -0.215. The van der Waals surface area contributed by atoms with Crippen LogP contribution in [0.3, 0.4) is 0 Å². The highest BCUT2D eigenvalue weighted by molar-refractivity contribution is 7.89. The molecule has 0 aliphatic carbocycles. The highest BCUT2D eigenvalue weighted by Gasteiger charge is 2.71. The number of aliphatic hydroxyl groups is 1. The normalized spacial score (nSPS) is 19.0. The summed E-state index contributed by atoms with van der Waals surface area (Å²) >= 11 is 0. The lowest BCUT2D eigenvalue weighted by molar-refractivity contribution is -0.376. The maximum Gasteiger partial charge on any atom is 0.430 e. The molecule has 1 atom stereocenters. The molecule has 1 unspecified atom stereocenters. The summed E-state index contributed by atoms with van der Waals surface area (Å²) in [6.45, 7) is 1.85. The molecule has 13 heteroatoms. The largest absolute Gasteiger partial charge is 0.430 e. The van der Waals surface area contributed by atoms with Gasteiger partial charge in [-0.05, 0) is 31.2 Å². The van der Waals surface area contributed by atoms with Crippen molar-refractivity contribution in [1.29, 1.82) is 0 Å². The number of piperazine rings is 1. The van der Waals surface area contributed by atoms with Crippen LogP contribution in [-0.2, 0) is 15.6 Å². The highest BCUT2D eigenvalue weighted by atomic mass is 32.2. The number of halogens is 6. The molecule has 1 aliphatic rings. The molecule has 0 saturated carbocycles. The number of hydrogen-bond acceptors (Lipinski definition) is 5. The molecule has 0 bridgehead atoms. The van der Waals surface area contributed by atoms with Gasteiger partial charge in [0.15, 0.2) is 0 Å². The minimum absolute atomic E-state index is 0.0213. The molecule has 0 spiro atoms. The van der Waals surface area contributed by atoms with Crippen LogP contribution >= 0.6 is 0 Å². The number of nitrogens with two attached hydrogens (primary N) is 1. The first kappa shape index (κ1) is 25.1. The summed E-state index contributed by atoms with van der Waals surface area (Å²) in [6.07, 6.45) is -11.9. The van der Waals surface area contributed by atoms with Gasteiger partial charge in [-0.1, -0.05) is 24.3 Å². The minimum Gasteiger partial charge on any atom is -0.398 e. The fourth-order valence-electron chi connectivity index (χ4n) is 3.76. The van der Waals surface area contributed by atoms with Gasteiger partial charge in [0.05, 0.1) is 5.69 Å². The van der Waals surface area contributed by atoms with Crippen molar-refractivity contribution in [2.24, 2.45) is 0 Å². The van der Waals surface area contributed by atoms with E-state index in [0.717, 1.165) is 12.1 Å².